The number of halogens is 6. The Morgan fingerprint density at radius 2 is 1.61 bits per heavy atom. The van der Waals surface area contributed by atoms with Gasteiger partial charge in [-0.05, 0) is 30.3 Å². The average molecular weight is 349 g/mol. The molecule has 1 aromatic carbocycles. The van der Waals surface area contributed by atoms with Crippen LogP contribution in [0.3, 0.4) is 0 Å². The van der Waals surface area contributed by atoms with Gasteiger partial charge in [0, 0.05) is 4.90 Å². The zero-order valence-electron chi connectivity index (χ0n) is 10.9. The number of hydrogen-bond donors (Lipinski definition) is 0. The fourth-order valence-corrected chi connectivity index (χ4v) is 2.34. The molecule has 0 saturated carbocycles. The topological polar surface area (TPSA) is 49.6 Å². The van der Waals surface area contributed by atoms with E-state index in [1.165, 1.54) is 12.1 Å². The first-order chi connectivity index (χ1) is 10.6. The summed E-state index contributed by atoms with van der Waals surface area (Å²) in [6, 6.07) is 6.10. The zero-order valence-corrected chi connectivity index (χ0v) is 11.7. The van der Waals surface area contributed by atoms with Crippen molar-refractivity contribution in [3.8, 4) is 6.07 Å². The molecular weight excluding hydrogens is 344 g/mol. The molecule has 2 aromatic rings. The summed E-state index contributed by atoms with van der Waals surface area (Å²) >= 11 is 0.706. The Morgan fingerprint density at radius 3 is 2.09 bits per heavy atom. The van der Waals surface area contributed by atoms with Gasteiger partial charge in [0.05, 0.1) is 17.2 Å². The molecule has 0 aliphatic heterocycles. The molecule has 120 valence electrons. The number of alkyl halides is 6. The van der Waals surface area contributed by atoms with E-state index >= 15 is 0 Å². The summed E-state index contributed by atoms with van der Waals surface area (Å²) in [5.74, 6) is 0. The van der Waals surface area contributed by atoms with Gasteiger partial charge in [0.1, 0.15) is 5.03 Å². The smallest absolute Gasteiger partial charge is 0.192 e. The summed E-state index contributed by atoms with van der Waals surface area (Å²) in [4.78, 5) is 0.0744. The summed E-state index contributed by atoms with van der Waals surface area (Å²) < 4.78 is 75.5. The lowest BCUT2D eigenvalue weighted by atomic mass is 10.1. The van der Waals surface area contributed by atoms with Crippen molar-refractivity contribution in [1.82, 2.24) is 10.2 Å². The van der Waals surface area contributed by atoms with Gasteiger partial charge in [-0.3, -0.25) is 0 Å². The minimum Gasteiger partial charge on any atom is -0.192 e. The Hall–Kier alpha value is -2.28. The molecule has 0 radical (unpaired) electrons. The molecule has 10 heteroatoms. The maximum absolute atomic E-state index is 12.8. The lowest BCUT2D eigenvalue weighted by molar-refractivity contribution is -0.142. The van der Waals surface area contributed by atoms with Crippen LogP contribution in [-0.2, 0) is 12.4 Å². The third-order valence-corrected chi connectivity index (χ3v) is 3.49. The van der Waals surface area contributed by atoms with Gasteiger partial charge >= 0.3 is 12.4 Å². The maximum atomic E-state index is 12.8. The van der Waals surface area contributed by atoms with Gasteiger partial charge < -0.3 is 0 Å². The monoisotopic (exact) mass is 349 g/mol. The van der Waals surface area contributed by atoms with E-state index in [1.54, 1.807) is 0 Å². The van der Waals surface area contributed by atoms with Crippen molar-refractivity contribution in [2.75, 3.05) is 0 Å². The van der Waals surface area contributed by atoms with Crippen LogP contribution in [0, 0.1) is 11.3 Å². The van der Waals surface area contributed by atoms with Crippen LogP contribution in [-0.4, -0.2) is 10.2 Å². The molecule has 0 amide bonds. The molecule has 0 spiro atoms. The van der Waals surface area contributed by atoms with E-state index in [0.29, 0.717) is 17.8 Å². The van der Waals surface area contributed by atoms with Crippen LogP contribution >= 0.6 is 11.8 Å². The molecule has 0 saturated heterocycles. The Balaban J connectivity index is 2.29. The highest BCUT2D eigenvalue weighted by Gasteiger charge is 2.34. The van der Waals surface area contributed by atoms with E-state index in [2.05, 4.69) is 10.2 Å². The second kappa shape index (κ2) is 6.08. The highest BCUT2D eigenvalue weighted by atomic mass is 32.2. The second-order valence-electron chi connectivity index (χ2n) is 4.17. The molecule has 1 heterocycles. The van der Waals surface area contributed by atoms with Crippen molar-refractivity contribution in [2.24, 2.45) is 0 Å². The van der Waals surface area contributed by atoms with Crippen molar-refractivity contribution in [1.29, 1.82) is 5.26 Å². The van der Waals surface area contributed by atoms with E-state index < -0.39 is 29.2 Å². The van der Waals surface area contributed by atoms with E-state index in [9.17, 15) is 26.3 Å². The summed E-state index contributed by atoms with van der Waals surface area (Å²) in [6.45, 7) is 0. The minimum atomic E-state index is -4.71. The van der Waals surface area contributed by atoms with Gasteiger partial charge in [-0.2, -0.15) is 31.6 Å². The van der Waals surface area contributed by atoms with E-state index in [0.717, 1.165) is 18.2 Å². The summed E-state index contributed by atoms with van der Waals surface area (Å²) in [5.41, 5.74) is -2.86. The van der Waals surface area contributed by atoms with Crippen molar-refractivity contribution in [3.63, 3.8) is 0 Å². The lowest BCUT2D eigenvalue weighted by Crippen LogP contribution is -2.09. The van der Waals surface area contributed by atoms with Gasteiger partial charge in [0.15, 0.2) is 5.69 Å². The molecule has 23 heavy (non-hydrogen) atoms. The Kier molecular flexibility index (Phi) is 4.51. The molecule has 0 unspecified atom stereocenters. The third kappa shape index (κ3) is 4.13. The predicted molar refractivity (Wildman–Crippen MR) is 67.3 cm³/mol. The molecule has 0 aliphatic rings. The van der Waals surface area contributed by atoms with Crippen LogP contribution in [0.2, 0.25) is 0 Å². The normalized spacial score (nSPS) is 12.0. The number of rotatable bonds is 2. The number of hydrogen-bond acceptors (Lipinski definition) is 4. The number of benzene rings is 1. The Morgan fingerprint density at radius 1 is 0.913 bits per heavy atom. The zero-order chi connectivity index (χ0) is 17.3. The first-order valence-corrected chi connectivity index (χ1v) is 6.63. The van der Waals surface area contributed by atoms with Gasteiger partial charge in [0.2, 0.25) is 0 Å². The summed E-state index contributed by atoms with van der Waals surface area (Å²) in [6.07, 6.45) is -9.36. The predicted octanol–water partition coefficient (Wildman–Crippen LogP) is 4.54. The average Bonchev–Trinajstić information content (AvgIpc) is 2.46. The molecule has 2 rings (SSSR count). The Labute approximate surface area is 129 Å². The Bertz CT molecular complexity index is 746. The molecule has 0 bridgehead atoms. The van der Waals surface area contributed by atoms with Crippen molar-refractivity contribution < 1.29 is 26.3 Å². The second-order valence-corrected chi connectivity index (χ2v) is 5.27. The quantitative estimate of drug-likeness (QED) is 0.747. The van der Waals surface area contributed by atoms with E-state index in [-0.39, 0.29) is 9.92 Å². The maximum Gasteiger partial charge on any atom is 0.435 e. The van der Waals surface area contributed by atoms with Crippen molar-refractivity contribution in [3.05, 3.63) is 47.2 Å². The first kappa shape index (κ1) is 17.1. The molecule has 3 nitrogen and oxygen atoms in total. The van der Waals surface area contributed by atoms with Crippen LogP contribution in [0.25, 0.3) is 0 Å². The molecule has 1 aromatic heterocycles. The van der Waals surface area contributed by atoms with E-state index in [4.69, 9.17) is 5.26 Å². The number of aromatic nitrogens is 2. The number of nitrogens with zero attached hydrogens (tertiary/aromatic N) is 3. The number of nitriles is 1. The lowest BCUT2D eigenvalue weighted by Gasteiger charge is -2.10. The van der Waals surface area contributed by atoms with Crippen molar-refractivity contribution in [2.45, 2.75) is 22.3 Å². The fourth-order valence-electron chi connectivity index (χ4n) is 1.57. The fraction of sp³-hybridized carbons (Fsp3) is 0.154. The minimum absolute atomic E-state index is 0.00386. The standard InChI is InChI=1S/C13H5F6N3S/c14-12(15,16)9-5-8(2-1-7(9)6-20)23-11-4-3-10(21-22-11)13(17,18)19/h1-5H. The van der Waals surface area contributed by atoms with Crippen LogP contribution in [0.1, 0.15) is 16.8 Å². The first-order valence-electron chi connectivity index (χ1n) is 5.81. The van der Waals surface area contributed by atoms with Crippen LogP contribution in [0.15, 0.2) is 40.3 Å². The summed E-state index contributed by atoms with van der Waals surface area (Å²) in [5, 5.41) is 15.0. The van der Waals surface area contributed by atoms with Crippen molar-refractivity contribution >= 4 is 11.8 Å². The molecule has 0 N–H and O–H groups in total. The highest BCUT2D eigenvalue weighted by Crippen LogP contribution is 2.36. The molecule has 0 atom stereocenters. The van der Waals surface area contributed by atoms with Gasteiger partial charge in [-0.1, -0.05) is 11.8 Å². The van der Waals surface area contributed by atoms with Crippen LogP contribution in [0.4, 0.5) is 26.3 Å². The third-order valence-electron chi connectivity index (χ3n) is 2.57. The van der Waals surface area contributed by atoms with Gasteiger partial charge in [-0.25, -0.2) is 0 Å². The van der Waals surface area contributed by atoms with Crippen LogP contribution in [0.5, 0.6) is 0 Å². The molecule has 0 aliphatic carbocycles. The molecular formula is C13H5F6N3S. The van der Waals surface area contributed by atoms with Gasteiger partial charge in [0.25, 0.3) is 0 Å². The van der Waals surface area contributed by atoms with E-state index in [1.807, 2.05) is 0 Å². The SMILES string of the molecule is N#Cc1ccc(Sc2ccc(C(F)(F)F)nn2)cc1C(F)(F)F. The summed E-state index contributed by atoms with van der Waals surface area (Å²) in [7, 11) is 0. The highest BCUT2D eigenvalue weighted by molar-refractivity contribution is 7.99. The van der Waals surface area contributed by atoms with Gasteiger partial charge in [-0.15, -0.1) is 10.2 Å². The molecule has 0 fully saturated rings. The van der Waals surface area contributed by atoms with Crippen LogP contribution < -0.4 is 0 Å². The largest absolute Gasteiger partial charge is 0.435 e.